The van der Waals surface area contributed by atoms with E-state index in [2.05, 4.69) is 15.2 Å². The highest BCUT2D eigenvalue weighted by molar-refractivity contribution is 7.98. The number of rotatable bonds is 5. The van der Waals surface area contributed by atoms with Gasteiger partial charge >= 0.3 is 6.55 Å². The highest BCUT2D eigenvalue weighted by atomic mass is 32.2. The Hall–Kier alpha value is -2.74. The van der Waals surface area contributed by atoms with Crippen LogP contribution in [0, 0.1) is 6.92 Å². The van der Waals surface area contributed by atoms with Crippen molar-refractivity contribution in [3.05, 3.63) is 66.2 Å². The van der Waals surface area contributed by atoms with Crippen LogP contribution in [-0.2, 0) is 5.75 Å². The number of hydrogen-bond donors (Lipinski definition) is 0. The van der Waals surface area contributed by atoms with Gasteiger partial charge in [0.2, 0.25) is 0 Å². The van der Waals surface area contributed by atoms with E-state index in [-0.39, 0.29) is 5.75 Å². The van der Waals surface area contributed by atoms with E-state index in [0.29, 0.717) is 22.0 Å². The predicted octanol–water partition coefficient (Wildman–Crippen LogP) is 4.61. The largest absolute Gasteiger partial charge is 0.320 e. The van der Waals surface area contributed by atoms with Gasteiger partial charge in [0.25, 0.3) is 0 Å². The minimum atomic E-state index is -2.65. The second-order valence-electron chi connectivity index (χ2n) is 5.72. The van der Waals surface area contributed by atoms with E-state index in [1.54, 1.807) is 30.6 Å². The highest BCUT2D eigenvalue weighted by Gasteiger charge is 2.18. The molecule has 0 spiro atoms. The summed E-state index contributed by atoms with van der Waals surface area (Å²) in [6, 6.07) is 14.8. The van der Waals surface area contributed by atoms with Crippen LogP contribution in [0.3, 0.4) is 0 Å². The van der Waals surface area contributed by atoms with Crippen molar-refractivity contribution in [2.75, 3.05) is 0 Å². The monoisotopic (exact) mass is 371 g/mol. The number of fused-ring (bicyclic) bond motifs is 1. The third-order valence-corrected chi connectivity index (χ3v) is 5.02. The minimum absolute atomic E-state index is 0.267. The van der Waals surface area contributed by atoms with Gasteiger partial charge in [0.05, 0.1) is 22.5 Å². The molecular weight excluding hydrogens is 356 g/mol. The lowest BCUT2D eigenvalue weighted by atomic mass is 10.2. The van der Waals surface area contributed by atoms with E-state index in [4.69, 9.17) is 0 Å². The van der Waals surface area contributed by atoms with E-state index in [1.807, 2.05) is 35.8 Å². The van der Waals surface area contributed by atoms with Crippen LogP contribution in [0.2, 0.25) is 0 Å². The highest BCUT2D eigenvalue weighted by Crippen LogP contribution is 2.29. The van der Waals surface area contributed by atoms with Gasteiger partial charge in [-0.05, 0) is 30.7 Å². The summed E-state index contributed by atoms with van der Waals surface area (Å²) in [6.45, 7) is -0.646. The van der Waals surface area contributed by atoms with Crippen LogP contribution in [0.4, 0.5) is 8.78 Å². The lowest BCUT2D eigenvalue weighted by Crippen LogP contribution is -2.04. The van der Waals surface area contributed by atoms with Crippen LogP contribution in [0.25, 0.3) is 16.7 Å². The van der Waals surface area contributed by atoms with Crippen molar-refractivity contribution in [3.63, 3.8) is 0 Å². The van der Waals surface area contributed by atoms with Gasteiger partial charge in [-0.3, -0.25) is 9.13 Å². The molecule has 26 heavy (non-hydrogen) atoms. The first kappa shape index (κ1) is 16.7. The molecule has 2 heterocycles. The molecule has 0 fully saturated rings. The Balaban J connectivity index is 1.65. The van der Waals surface area contributed by atoms with Crippen molar-refractivity contribution >= 4 is 22.8 Å². The number of imidazole rings is 1. The summed E-state index contributed by atoms with van der Waals surface area (Å²) < 4.78 is 29.9. The molecule has 0 aliphatic rings. The average Bonchev–Trinajstić information content (AvgIpc) is 3.24. The van der Waals surface area contributed by atoms with Gasteiger partial charge in [-0.1, -0.05) is 42.1 Å². The molecule has 2 aromatic carbocycles. The van der Waals surface area contributed by atoms with Crippen molar-refractivity contribution in [2.45, 2.75) is 24.4 Å². The van der Waals surface area contributed by atoms with E-state index in [1.165, 1.54) is 11.8 Å². The van der Waals surface area contributed by atoms with Gasteiger partial charge in [-0.15, -0.1) is 10.2 Å². The quantitative estimate of drug-likeness (QED) is 0.481. The first-order valence-corrected chi connectivity index (χ1v) is 8.96. The van der Waals surface area contributed by atoms with Crippen LogP contribution < -0.4 is 0 Å². The van der Waals surface area contributed by atoms with Gasteiger partial charge in [-0.2, -0.15) is 8.78 Å². The Labute approximate surface area is 152 Å². The number of para-hydroxylation sites is 3. The lowest BCUT2D eigenvalue weighted by molar-refractivity contribution is 0.0722. The molecule has 132 valence electrons. The van der Waals surface area contributed by atoms with Crippen molar-refractivity contribution in [2.24, 2.45) is 0 Å². The normalized spacial score (nSPS) is 11.5. The van der Waals surface area contributed by atoms with E-state index >= 15 is 0 Å². The zero-order valence-electron chi connectivity index (χ0n) is 13.9. The first-order valence-electron chi connectivity index (χ1n) is 7.98. The first-order chi connectivity index (χ1) is 12.6. The number of benzene rings is 2. The molecular formula is C18H15F2N5S. The van der Waals surface area contributed by atoms with Crippen molar-refractivity contribution in [1.29, 1.82) is 0 Å². The number of hydrogen-bond acceptors (Lipinski definition) is 4. The maximum Gasteiger partial charge on any atom is 0.320 e. The fraction of sp³-hybridized carbons (Fsp3) is 0.167. The van der Waals surface area contributed by atoms with Crippen LogP contribution in [0.1, 0.15) is 17.9 Å². The fourth-order valence-electron chi connectivity index (χ4n) is 2.86. The second kappa shape index (κ2) is 6.87. The van der Waals surface area contributed by atoms with Gasteiger partial charge in [0.15, 0.2) is 5.16 Å². The zero-order chi connectivity index (χ0) is 18.1. The van der Waals surface area contributed by atoms with E-state index in [9.17, 15) is 8.78 Å². The van der Waals surface area contributed by atoms with Crippen LogP contribution >= 0.6 is 11.8 Å². The van der Waals surface area contributed by atoms with E-state index in [0.717, 1.165) is 15.8 Å². The molecule has 2 aromatic heterocycles. The molecule has 0 N–H and O–H groups in total. The molecule has 0 radical (unpaired) electrons. The van der Waals surface area contributed by atoms with Crippen LogP contribution in [-0.4, -0.2) is 24.3 Å². The number of thioether (sulfide) groups is 1. The maximum atomic E-state index is 13.5. The predicted molar refractivity (Wildman–Crippen MR) is 96.6 cm³/mol. The molecule has 0 aliphatic heterocycles. The van der Waals surface area contributed by atoms with Crippen molar-refractivity contribution in [1.82, 2.24) is 24.3 Å². The molecule has 5 nitrogen and oxygen atoms in total. The Morgan fingerprint density at radius 1 is 1.08 bits per heavy atom. The van der Waals surface area contributed by atoms with Crippen molar-refractivity contribution in [3.8, 4) is 5.69 Å². The third kappa shape index (κ3) is 2.96. The number of aryl methyl sites for hydroxylation is 1. The molecule has 0 amide bonds. The SMILES string of the molecule is Cc1ccccc1-n1cnnc1SCc1nc2ccccc2n1C(F)F. The van der Waals surface area contributed by atoms with Gasteiger partial charge in [0, 0.05) is 0 Å². The summed E-state index contributed by atoms with van der Waals surface area (Å²) in [5.41, 5.74) is 3.03. The topological polar surface area (TPSA) is 48.5 Å². The summed E-state index contributed by atoms with van der Waals surface area (Å²) >= 11 is 1.33. The Bertz CT molecular complexity index is 1060. The fourth-order valence-corrected chi connectivity index (χ4v) is 3.72. The minimum Gasteiger partial charge on any atom is -0.276 e. The molecule has 8 heteroatoms. The molecule has 4 rings (SSSR count). The number of nitrogens with zero attached hydrogens (tertiary/aromatic N) is 5. The zero-order valence-corrected chi connectivity index (χ0v) is 14.7. The molecule has 4 aromatic rings. The summed E-state index contributed by atoms with van der Waals surface area (Å²) in [6.07, 6.45) is 1.63. The summed E-state index contributed by atoms with van der Waals surface area (Å²) in [5, 5.41) is 8.73. The van der Waals surface area contributed by atoms with Crippen LogP contribution in [0.15, 0.2) is 60.0 Å². The Morgan fingerprint density at radius 3 is 2.65 bits per heavy atom. The maximum absolute atomic E-state index is 13.5. The third-order valence-electron chi connectivity index (χ3n) is 4.09. The second-order valence-corrected chi connectivity index (χ2v) is 6.67. The Morgan fingerprint density at radius 2 is 1.85 bits per heavy atom. The lowest BCUT2D eigenvalue weighted by Gasteiger charge is -2.10. The Kier molecular flexibility index (Phi) is 4.42. The number of alkyl halides is 2. The smallest absolute Gasteiger partial charge is 0.276 e. The molecule has 0 unspecified atom stereocenters. The summed E-state index contributed by atoms with van der Waals surface area (Å²) in [5.74, 6) is 0.578. The number of aromatic nitrogens is 5. The molecule has 0 atom stereocenters. The molecule has 0 saturated carbocycles. The standard InChI is InChI=1S/C18H15F2N5S/c1-12-6-2-4-8-14(12)24-11-21-23-18(24)26-10-16-22-13-7-3-5-9-15(13)25(16)17(19)20/h2-9,11,17H,10H2,1H3. The molecule has 0 aliphatic carbocycles. The van der Waals surface area contributed by atoms with Gasteiger partial charge in [-0.25, -0.2) is 4.98 Å². The summed E-state index contributed by atoms with van der Waals surface area (Å²) in [4.78, 5) is 4.36. The number of halogens is 2. The van der Waals surface area contributed by atoms with E-state index < -0.39 is 6.55 Å². The molecule has 0 bridgehead atoms. The van der Waals surface area contributed by atoms with Gasteiger partial charge < -0.3 is 0 Å². The van der Waals surface area contributed by atoms with Gasteiger partial charge in [0.1, 0.15) is 12.2 Å². The summed E-state index contributed by atoms with van der Waals surface area (Å²) in [7, 11) is 0. The molecule has 0 saturated heterocycles. The average molecular weight is 371 g/mol. The van der Waals surface area contributed by atoms with Crippen molar-refractivity contribution < 1.29 is 8.78 Å². The van der Waals surface area contributed by atoms with Crippen LogP contribution in [0.5, 0.6) is 0 Å².